The lowest BCUT2D eigenvalue weighted by Crippen LogP contribution is -2.31. The minimum atomic E-state index is -0.526. The zero-order valence-corrected chi connectivity index (χ0v) is 18.1. The standard InChI is InChI=1S/C19H24N4O4.HI/c1-25-16-7-6-14(9-17(16)26-2)11-23-19(21)22-10-13-4-3-5-15(8-13)27-12-18(20)24;/h3-9H,10-12H2,1-2H3,(H2,20,24)(H3,21,22,23);1H. The Kier molecular flexibility index (Phi) is 9.93. The summed E-state index contributed by atoms with van der Waals surface area (Å²) in [5.41, 5.74) is 12.9. The smallest absolute Gasteiger partial charge is 0.255 e. The van der Waals surface area contributed by atoms with Gasteiger partial charge in [-0.05, 0) is 35.4 Å². The van der Waals surface area contributed by atoms with Gasteiger partial charge in [0.1, 0.15) is 5.75 Å². The molecule has 5 N–H and O–H groups in total. The lowest BCUT2D eigenvalue weighted by atomic mass is 10.2. The van der Waals surface area contributed by atoms with Crippen LogP contribution in [0.2, 0.25) is 0 Å². The molecule has 0 aliphatic carbocycles. The summed E-state index contributed by atoms with van der Waals surface area (Å²) in [5, 5.41) is 3.05. The molecule has 0 bridgehead atoms. The number of ether oxygens (including phenoxy) is 3. The molecule has 0 radical (unpaired) electrons. The Hall–Kier alpha value is -2.69. The molecular weight excluding hydrogens is 475 g/mol. The number of nitrogens with two attached hydrogens (primary N) is 2. The van der Waals surface area contributed by atoms with Crippen LogP contribution in [0.25, 0.3) is 0 Å². The second kappa shape index (κ2) is 11.9. The fourth-order valence-electron chi connectivity index (χ4n) is 2.30. The number of carbonyl (C=O) groups excluding carboxylic acids is 1. The first-order chi connectivity index (χ1) is 13.0. The third-order valence-electron chi connectivity index (χ3n) is 3.63. The van der Waals surface area contributed by atoms with Gasteiger partial charge in [-0.15, -0.1) is 24.0 Å². The molecule has 0 saturated heterocycles. The third-order valence-corrected chi connectivity index (χ3v) is 3.63. The summed E-state index contributed by atoms with van der Waals surface area (Å²) in [7, 11) is 3.18. The molecule has 1 amide bonds. The highest BCUT2D eigenvalue weighted by molar-refractivity contribution is 14.0. The van der Waals surface area contributed by atoms with Gasteiger partial charge < -0.3 is 31.0 Å². The first kappa shape index (κ1) is 23.3. The Bertz CT molecular complexity index is 814. The van der Waals surface area contributed by atoms with E-state index in [-0.39, 0.29) is 30.6 Å². The van der Waals surface area contributed by atoms with E-state index in [4.69, 9.17) is 25.7 Å². The van der Waals surface area contributed by atoms with E-state index in [2.05, 4.69) is 10.3 Å². The molecule has 0 heterocycles. The molecule has 0 fully saturated rings. The third kappa shape index (κ3) is 7.51. The molecule has 2 rings (SSSR count). The summed E-state index contributed by atoms with van der Waals surface area (Å²) >= 11 is 0. The van der Waals surface area contributed by atoms with Crippen molar-refractivity contribution in [1.82, 2.24) is 5.32 Å². The summed E-state index contributed by atoms with van der Waals surface area (Å²) in [6.07, 6.45) is 0. The Morgan fingerprint density at radius 2 is 1.79 bits per heavy atom. The predicted molar refractivity (Wildman–Crippen MR) is 118 cm³/mol. The number of guanidine groups is 1. The van der Waals surface area contributed by atoms with Gasteiger partial charge in [-0.2, -0.15) is 0 Å². The topological polar surface area (TPSA) is 121 Å². The minimum absolute atomic E-state index is 0. The van der Waals surface area contributed by atoms with Crippen LogP contribution in [-0.4, -0.2) is 32.7 Å². The molecule has 0 aliphatic rings. The number of rotatable bonds is 9. The van der Waals surface area contributed by atoms with Crippen molar-refractivity contribution in [2.45, 2.75) is 13.1 Å². The van der Waals surface area contributed by atoms with E-state index < -0.39 is 5.91 Å². The van der Waals surface area contributed by atoms with Crippen LogP contribution < -0.4 is 31.0 Å². The maximum atomic E-state index is 10.8. The first-order valence-corrected chi connectivity index (χ1v) is 8.26. The van der Waals surface area contributed by atoms with Crippen molar-refractivity contribution in [2.24, 2.45) is 16.5 Å². The molecule has 9 heteroatoms. The largest absolute Gasteiger partial charge is 0.493 e. The van der Waals surface area contributed by atoms with Gasteiger partial charge in [0.15, 0.2) is 24.1 Å². The maximum Gasteiger partial charge on any atom is 0.255 e. The number of hydrogen-bond acceptors (Lipinski definition) is 5. The molecule has 8 nitrogen and oxygen atoms in total. The van der Waals surface area contributed by atoms with Crippen molar-refractivity contribution >= 4 is 35.8 Å². The molecule has 2 aromatic rings. The SMILES string of the molecule is COc1ccc(CNC(N)=NCc2cccc(OCC(N)=O)c2)cc1OC.I. The summed E-state index contributed by atoms with van der Waals surface area (Å²) in [4.78, 5) is 15.1. The van der Waals surface area contributed by atoms with Gasteiger partial charge in [0, 0.05) is 6.54 Å². The molecule has 2 aromatic carbocycles. The Morgan fingerprint density at radius 1 is 1.04 bits per heavy atom. The van der Waals surface area contributed by atoms with Crippen molar-refractivity contribution in [3.8, 4) is 17.2 Å². The van der Waals surface area contributed by atoms with E-state index in [0.717, 1.165) is 11.1 Å². The van der Waals surface area contributed by atoms with Crippen LogP contribution in [0.4, 0.5) is 0 Å². The fraction of sp³-hybridized carbons (Fsp3) is 0.263. The highest BCUT2D eigenvalue weighted by Gasteiger charge is 2.05. The molecule has 0 unspecified atom stereocenters. The summed E-state index contributed by atoms with van der Waals surface area (Å²) in [6.45, 7) is 0.706. The second-order valence-corrected chi connectivity index (χ2v) is 5.65. The monoisotopic (exact) mass is 500 g/mol. The van der Waals surface area contributed by atoms with Crippen LogP contribution in [-0.2, 0) is 17.9 Å². The number of nitrogens with zero attached hydrogens (tertiary/aromatic N) is 1. The lowest BCUT2D eigenvalue weighted by molar-refractivity contribution is -0.119. The number of primary amides is 1. The summed E-state index contributed by atoms with van der Waals surface area (Å²) in [5.74, 6) is 1.66. The van der Waals surface area contributed by atoms with Crippen LogP contribution in [0.3, 0.4) is 0 Å². The van der Waals surface area contributed by atoms with E-state index in [1.54, 1.807) is 26.4 Å². The highest BCUT2D eigenvalue weighted by atomic mass is 127. The van der Waals surface area contributed by atoms with Gasteiger partial charge >= 0.3 is 0 Å². The molecule has 152 valence electrons. The maximum absolute atomic E-state index is 10.8. The van der Waals surface area contributed by atoms with Gasteiger partial charge in [-0.3, -0.25) is 4.79 Å². The Labute approximate surface area is 181 Å². The number of aliphatic imine (C=N–C) groups is 1. The average Bonchev–Trinajstić information content (AvgIpc) is 2.69. The van der Waals surface area contributed by atoms with Crippen molar-refractivity contribution in [3.05, 3.63) is 53.6 Å². The predicted octanol–water partition coefficient (Wildman–Crippen LogP) is 1.79. The quantitative estimate of drug-likeness (QED) is 0.274. The molecule has 0 atom stereocenters. The number of carbonyl (C=O) groups is 1. The zero-order chi connectivity index (χ0) is 19.6. The highest BCUT2D eigenvalue weighted by Crippen LogP contribution is 2.27. The van der Waals surface area contributed by atoms with Crippen molar-refractivity contribution in [2.75, 3.05) is 20.8 Å². The van der Waals surface area contributed by atoms with E-state index >= 15 is 0 Å². The number of halogens is 1. The summed E-state index contributed by atoms with van der Waals surface area (Å²) < 4.78 is 15.8. The van der Waals surface area contributed by atoms with Crippen molar-refractivity contribution < 1.29 is 19.0 Å². The lowest BCUT2D eigenvalue weighted by Gasteiger charge is -2.11. The van der Waals surface area contributed by atoms with E-state index in [9.17, 15) is 4.79 Å². The molecule has 0 aromatic heterocycles. The second-order valence-electron chi connectivity index (χ2n) is 5.65. The van der Waals surface area contributed by atoms with Crippen LogP contribution in [0.5, 0.6) is 17.2 Å². The van der Waals surface area contributed by atoms with Gasteiger partial charge in [-0.25, -0.2) is 4.99 Å². The Balaban J connectivity index is 0.00000392. The van der Waals surface area contributed by atoms with Crippen LogP contribution in [0, 0.1) is 0 Å². The fourth-order valence-corrected chi connectivity index (χ4v) is 2.30. The summed E-state index contributed by atoms with van der Waals surface area (Å²) in [6, 6.07) is 12.9. The van der Waals surface area contributed by atoms with Crippen molar-refractivity contribution in [3.63, 3.8) is 0 Å². The van der Waals surface area contributed by atoms with E-state index in [1.807, 2.05) is 30.3 Å². The van der Waals surface area contributed by atoms with E-state index in [1.165, 1.54) is 0 Å². The van der Waals surface area contributed by atoms with Gasteiger partial charge in [0.05, 0.1) is 20.8 Å². The minimum Gasteiger partial charge on any atom is -0.493 e. The van der Waals surface area contributed by atoms with Crippen molar-refractivity contribution in [1.29, 1.82) is 0 Å². The molecular formula is C19H25IN4O4. The number of methoxy groups -OCH3 is 2. The molecule has 0 spiro atoms. The number of hydrogen-bond donors (Lipinski definition) is 3. The zero-order valence-electron chi connectivity index (χ0n) is 15.8. The number of benzene rings is 2. The average molecular weight is 500 g/mol. The van der Waals surface area contributed by atoms with Crippen LogP contribution in [0.15, 0.2) is 47.5 Å². The molecule has 28 heavy (non-hydrogen) atoms. The molecule has 0 aliphatic heterocycles. The van der Waals surface area contributed by atoms with Gasteiger partial charge in [0.25, 0.3) is 5.91 Å². The van der Waals surface area contributed by atoms with Crippen LogP contribution >= 0.6 is 24.0 Å². The van der Waals surface area contributed by atoms with E-state index in [0.29, 0.717) is 36.3 Å². The number of amides is 1. The normalized spacial score (nSPS) is 10.6. The van der Waals surface area contributed by atoms with Gasteiger partial charge in [-0.1, -0.05) is 18.2 Å². The molecule has 0 saturated carbocycles. The van der Waals surface area contributed by atoms with Crippen LogP contribution in [0.1, 0.15) is 11.1 Å². The number of nitrogens with one attached hydrogen (secondary N) is 1. The Morgan fingerprint density at radius 3 is 2.46 bits per heavy atom. The first-order valence-electron chi connectivity index (χ1n) is 8.26. The van der Waals surface area contributed by atoms with Gasteiger partial charge in [0.2, 0.25) is 0 Å².